The average molecular weight is 463 g/mol. The summed E-state index contributed by atoms with van der Waals surface area (Å²) in [6.45, 7) is 0.269. The maximum Gasteiger partial charge on any atom is 0.287 e. The number of rotatable bonds is 6. The van der Waals surface area contributed by atoms with Gasteiger partial charge in [-0.25, -0.2) is 4.98 Å². The van der Waals surface area contributed by atoms with E-state index in [4.69, 9.17) is 5.26 Å². The van der Waals surface area contributed by atoms with Gasteiger partial charge in [-0.3, -0.25) is 14.9 Å². The van der Waals surface area contributed by atoms with E-state index in [1.807, 2.05) is 0 Å². The SMILES string of the molecule is Cl.Cl.N#C[C@@H]1CSCN1C(=O)CNC1CCC(Nc2ccc([N+](=O)[O-])cn2)CC1. The first-order chi connectivity index (χ1) is 13.1. The monoisotopic (exact) mass is 462 g/mol. The van der Waals surface area contributed by atoms with Crippen LogP contribution >= 0.6 is 36.6 Å². The third kappa shape index (κ3) is 6.89. The van der Waals surface area contributed by atoms with Gasteiger partial charge < -0.3 is 15.5 Å². The van der Waals surface area contributed by atoms with Gasteiger partial charge in [-0.2, -0.15) is 5.26 Å². The molecule has 1 aromatic rings. The van der Waals surface area contributed by atoms with Gasteiger partial charge in [-0.15, -0.1) is 36.6 Å². The van der Waals surface area contributed by atoms with Crippen molar-refractivity contribution in [2.45, 2.75) is 43.8 Å². The summed E-state index contributed by atoms with van der Waals surface area (Å²) in [5, 5.41) is 26.4. The minimum absolute atomic E-state index is 0. The number of nitrogens with one attached hydrogen (secondary N) is 2. The molecule has 1 saturated carbocycles. The van der Waals surface area contributed by atoms with E-state index >= 15 is 0 Å². The van der Waals surface area contributed by atoms with Crippen molar-refractivity contribution >= 4 is 54.0 Å². The van der Waals surface area contributed by atoms with Gasteiger partial charge in [0.15, 0.2) is 0 Å². The quantitative estimate of drug-likeness (QED) is 0.487. The number of amides is 1. The first-order valence-electron chi connectivity index (χ1n) is 8.94. The average Bonchev–Trinajstić information content (AvgIpc) is 3.16. The second-order valence-corrected chi connectivity index (χ2v) is 7.74. The molecule has 12 heteroatoms. The Morgan fingerprint density at radius 1 is 1.31 bits per heavy atom. The van der Waals surface area contributed by atoms with Gasteiger partial charge in [-0.1, -0.05) is 0 Å². The van der Waals surface area contributed by atoms with Crippen LogP contribution in [0.2, 0.25) is 0 Å². The molecule has 0 unspecified atom stereocenters. The molecule has 2 N–H and O–H groups in total. The van der Waals surface area contributed by atoms with E-state index in [2.05, 4.69) is 21.7 Å². The van der Waals surface area contributed by atoms with Gasteiger partial charge in [0.2, 0.25) is 5.91 Å². The molecular weight excluding hydrogens is 439 g/mol. The van der Waals surface area contributed by atoms with Crippen LogP contribution < -0.4 is 10.6 Å². The van der Waals surface area contributed by atoms with Crippen LogP contribution in [0.5, 0.6) is 0 Å². The molecule has 2 aliphatic rings. The molecule has 2 fully saturated rings. The van der Waals surface area contributed by atoms with Gasteiger partial charge in [0.05, 0.1) is 23.4 Å². The Labute approximate surface area is 186 Å². The minimum Gasteiger partial charge on any atom is -0.367 e. The maximum absolute atomic E-state index is 12.3. The van der Waals surface area contributed by atoms with Crippen molar-refractivity contribution in [3.05, 3.63) is 28.4 Å². The fourth-order valence-electron chi connectivity index (χ4n) is 3.36. The lowest BCUT2D eigenvalue weighted by molar-refractivity contribution is -0.385. The number of nitro groups is 1. The Morgan fingerprint density at radius 3 is 2.59 bits per heavy atom. The summed E-state index contributed by atoms with van der Waals surface area (Å²) in [7, 11) is 0. The number of carbonyl (C=O) groups excluding carboxylic acids is 1. The predicted molar refractivity (Wildman–Crippen MR) is 117 cm³/mol. The van der Waals surface area contributed by atoms with E-state index in [1.165, 1.54) is 12.3 Å². The van der Waals surface area contributed by atoms with Crippen LogP contribution in [0.3, 0.4) is 0 Å². The fraction of sp³-hybridized carbons (Fsp3) is 0.588. The molecule has 1 amide bonds. The number of hydrogen-bond acceptors (Lipinski definition) is 8. The molecule has 1 atom stereocenters. The summed E-state index contributed by atoms with van der Waals surface area (Å²) in [5.41, 5.74) is -0.0202. The van der Waals surface area contributed by atoms with Gasteiger partial charge in [-0.05, 0) is 31.7 Å². The zero-order chi connectivity index (χ0) is 19.2. The third-order valence-electron chi connectivity index (χ3n) is 4.93. The Kier molecular flexibility index (Phi) is 10.5. The first-order valence-corrected chi connectivity index (χ1v) is 10.1. The largest absolute Gasteiger partial charge is 0.367 e. The van der Waals surface area contributed by atoms with Crippen molar-refractivity contribution in [1.82, 2.24) is 15.2 Å². The van der Waals surface area contributed by atoms with Crippen LogP contribution in [0.4, 0.5) is 11.5 Å². The van der Waals surface area contributed by atoms with Crippen LogP contribution in [0.15, 0.2) is 18.3 Å². The molecule has 1 aromatic heterocycles. The lowest BCUT2D eigenvalue weighted by Gasteiger charge is -2.30. The zero-order valence-corrected chi connectivity index (χ0v) is 18.1. The summed E-state index contributed by atoms with van der Waals surface area (Å²) in [4.78, 5) is 28.2. The number of pyridine rings is 1. The Balaban J connectivity index is 0.00000210. The van der Waals surface area contributed by atoms with E-state index in [1.54, 1.807) is 22.7 Å². The molecular formula is C17H24Cl2N6O3S. The number of halogens is 2. The Hall–Kier alpha value is -1.80. The molecule has 0 aromatic carbocycles. The number of carbonyl (C=O) groups is 1. The van der Waals surface area contributed by atoms with E-state index in [9.17, 15) is 14.9 Å². The molecule has 1 aliphatic heterocycles. The normalized spacial score (nSPS) is 23.3. The number of aromatic nitrogens is 1. The van der Waals surface area contributed by atoms with E-state index < -0.39 is 4.92 Å². The first kappa shape index (κ1) is 25.2. The molecule has 1 aliphatic carbocycles. The summed E-state index contributed by atoms with van der Waals surface area (Å²) >= 11 is 1.61. The topological polar surface area (TPSA) is 124 Å². The van der Waals surface area contributed by atoms with Crippen molar-refractivity contribution < 1.29 is 9.72 Å². The summed E-state index contributed by atoms with van der Waals surface area (Å²) < 4.78 is 0. The second-order valence-electron chi connectivity index (χ2n) is 6.74. The maximum atomic E-state index is 12.3. The van der Waals surface area contributed by atoms with Crippen LogP contribution in [0.1, 0.15) is 25.7 Å². The Bertz CT molecular complexity index is 725. The summed E-state index contributed by atoms with van der Waals surface area (Å²) in [6, 6.07) is 5.49. The molecule has 9 nitrogen and oxygen atoms in total. The van der Waals surface area contributed by atoms with Crippen LogP contribution in [-0.2, 0) is 4.79 Å². The molecule has 29 heavy (non-hydrogen) atoms. The molecule has 2 heterocycles. The summed E-state index contributed by atoms with van der Waals surface area (Å²) in [5.74, 6) is 1.91. The zero-order valence-electron chi connectivity index (χ0n) is 15.7. The second kappa shape index (κ2) is 12.0. The number of thioether (sulfide) groups is 1. The lowest BCUT2D eigenvalue weighted by Crippen LogP contribution is -2.45. The third-order valence-corrected chi connectivity index (χ3v) is 5.94. The number of nitrogens with zero attached hydrogens (tertiary/aromatic N) is 4. The molecule has 0 radical (unpaired) electrons. The lowest BCUT2D eigenvalue weighted by atomic mass is 9.91. The van der Waals surface area contributed by atoms with E-state index in [-0.39, 0.29) is 61.1 Å². The van der Waals surface area contributed by atoms with Gasteiger partial charge in [0.1, 0.15) is 18.1 Å². The van der Waals surface area contributed by atoms with Crippen molar-refractivity contribution in [3.63, 3.8) is 0 Å². The number of anilines is 1. The highest BCUT2D eigenvalue weighted by molar-refractivity contribution is 7.99. The highest BCUT2D eigenvalue weighted by Crippen LogP contribution is 2.23. The highest BCUT2D eigenvalue weighted by atomic mass is 35.5. The number of hydrogen-bond donors (Lipinski definition) is 2. The molecule has 0 spiro atoms. The molecule has 160 valence electrons. The van der Waals surface area contributed by atoms with Gasteiger partial charge in [0, 0.05) is 23.9 Å². The van der Waals surface area contributed by atoms with Crippen LogP contribution in [0.25, 0.3) is 0 Å². The van der Waals surface area contributed by atoms with Crippen LogP contribution in [0, 0.1) is 21.4 Å². The van der Waals surface area contributed by atoms with Crippen molar-refractivity contribution in [1.29, 1.82) is 5.26 Å². The Morgan fingerprint density at radius 2 is 2.00 bits per heavy atom. The predicted octanol–water partition coefficient (Wildman–Crippen LogP) is 2.57. The van der Waals surface area contributed by atoms with Crippen LogP contribution in [-0.4, -0.2) is 57.0 Å². The molecule has 1 saturated heterocycles. The molecule has 3 rings (SSSR count). The smallest absolute Gasteiger partial charge is 0.287 e. The van der Waals surface area contributed by atoms with E-state index in [0.29, 0.717) is 17.4 Å². The van der Waals surface area contributed by atoms with Crippen molar-refractivity contribution in [3.8, 4) is 6.07 Å². The van der Waals surface area contributed by atoms with Crippen molar-refractivity contribution in [2.24, 2.45) is 0 Å². The summed E-state index contributed by atoms with van der Waals surface area (Å²) in [6.07, 6.45) is 5.00. The van der Waals surface area contributed by atoms with Gasteiger partial charge >= 0.3 is 0 Å². The minimum atomic E-state index is -0.464. The molecule has 0 bridgehead atoms. The highest BCUT2D eigenvalue weighted by Gasteiger charge is 2.29. The van der Waals surface area contributed by atoms with E-state index in [0.717, 1.165) is 25.7 Å². The standard InChI is InChI=1S/C17H22N6O3S.2ClH/c18-7-15-10-27-11-22(15)17(24)9-19-12-1-3-13(4-2-12)21-16-6-5-14(8-20-16)23(25)26;;/h5-6,8,12-13,15,19H,1-4,9-11H2,(H,20,21);2*1H/t12?,13?,15-;;/m1../s1. The fourth-order valence-corrected chi connectivity index (χ4v) is 4.46. The van der Waals surface area contributed by atoms with Gasteiger partial charge in [0.25, 0.3) is 5.69 Å². The van der Waals surface area contributed by atoms with Crippen molar-refractivity contribution in [2.75, 3.05) is 23.5 Å². The number of nitriles is 1.